The van der Waals surface area contributed by atoms with Crippen LogP contribution < -0.4 is 10.2 Å². The third-order valence-corrected chi connectivity index (χ3v) is 4.06. The van der Waals surface area contributed by atoms with Crippen molar-refractivity contribution in [2.24, 2.45) is 0 Å². The fourth-order valence-electron chi connectivity index (χ4n) is 2.64. The van der Waals surface area contributed by atoms with Crippen LogP contribution in [-0.2, 0) is 6.54 Å². The van der Waals surface area contributed by atoms with E-state index in [-0.39, 0.29) is 5.91 Å². The van der Waals surface area contributed by atoms with Gasteiger partial charge in [-0.2, -0.15) is 0 Å². The molecule has 1 amide bonds. The Balaban J connectivity index is 1.69. The Morgan fingerprint density at radius 3 is 2.75 bits per heavy atom. The number of anilines is 1. The van der Waals surface area contributed by atoms with Gasteiger partial charge >= 0.3 is 0 Å². The largest absolute Gasteiger partial charge is 0.354 e. The second-order valence-corrected chi connectivity index (χ2v) is 5.99. The number of likely N-dealkylation sites (N-methyl/N-ethyl adjacent to an activating group) is 1. The number of aryl methyl sites for hydroxylation is 1. The van der Waals surface area contributed by atoms with E-state index in [9.17, 15) is 4.79 Å². The molecule has 0 saturated carbocycles. The molecule has 1 aliphatic heterocycles. The lowest BCUT2D eigenvalue weighted by Gasteiger charge is -2.33. The molecule has 2 aromatic rings. The van der Waals surface area contributed by atoms with Crippen LogP contribution in [0.1, 0.15) is 21.9 Å². The van der Waals surface area contributed by atoms with E-state index in [0.717, 1.165) is 37.6 Å². The van der Waals surface area contributed by atoms with Crippen LogP contribution in [0, 0.1) is 6.92 Å². The Hall–Kier alpha value is -2.54. The molecule has 1 N–H and O–H groups in total. The van der Waals surface area contributed by atoms with E-state index in [2.05, 4.69) is 37.1 Å². The average Bonchev–Trinajstić information content (AvgIpc) is 2.60. The fourth-order valence-corrected chi connectivity index (χ4v) is 2.64. The molecule has 3 heterocycles. The molecule has 0 atom stereocenters. The van der Waals surface area contributed by atoms with Crippen molar-refractivity contribution in [1.82, 2.24) is 25.2 Å². The molecule has 24 heavy (non-hydrogen) atoms. The molecule has 1 fully saturated rings. The normalized spacial score (nSPS) is 15.3. The van der Waals surface area contributed by atoms with Crippen molar-refractivity contribution in [3.05, 3.63) is 47.7 Å². The number of nitrogens with one attached hydrogen (secondary N) is 1. The minimum absolute atomic E-state index is 0.195. The Morgan fingerprint density at radius 2 is 2.04 bits per heavy atom. The lowest BCUT2D eigenvalue weighted by atomic mass is 10.2. The Bertz CT molecular complexity index is 697. The second-order valence-electron chi connectivity index (χ2n) is 5.99. The molecule has 0 aliphatic carbocycles. The highest BCUT2D eigenvalue weighted by atomic mass is 16.1. The van der Waals surface area contributed by atoms with Crippen molar-refractivity contribution in [3.8, 4) is 0 Å². The van der Waals surface area contributed by atoms with Crippen LogP contribution in [0.25, 0.3) is 0 Å². The van der Waals surface area contributed by atoms with Gasteiger partial charge in [0, 0.05) is 51.2 Å². The Labute approximate surface area is 141 Å². The maximum absolute atomic E-state index is 12.4. The molecule has 0 spiro atoms. The molecule has 0 bridgehead atoms. The van der Waals surface area contributed by atoms with Crippen LogP contribution >= 0.6 is 0 Å². The van der Waals surface area contributed by atoms with Crippen molar-refractivity contribution in [3.63, 3.8) is 0 Å². The summed E-state index contributed by atoms with van der Waals surface area (Å²) in [6.07, 6.45) is 3.45. The summed E-state index contributed by atoms with van der Waals surface area (Å²) in [6.45, 7) is 6.04. The molecular formula is C17H22N6O. The summed E-state index contributed by atoms with van der Waals surface area (Å²) < 4.78 is 0. The molecule has 7 heteroatoms. The first-order valence-electron chi connectivity index (χ1n) is 8.08. The molecule has 126 valence electrons. The smallest absolute Gasteiger partial charge is 0.270 e. The monoisotopic (exact) mass is 326 g/mol. The average molecular weight is 326 g/mol. The Morgan fingerprint density at radius 1 is 1.25 bits per heavy atom. The van der Waals surface area contributed by atoms with Crippen LogP contribution in [0.3, 0.4) is 0 Å². The predicted octanol–water partition coefficient (Wildman–Crippen LogP) is 0.862. The zero-order chi connectivity index (χ0) is 16.9. The molecule has 1 aliphatic rings. The topological polar surface area (TPSA) is 74.2 Å². The van der Waals surface area contributed by atoms with Crippen molar-refractivity contribution in [1.29, 1.82) is 0 Å². The van der Waals surface area contributed by atoms with Crippen LogP contribution in [0.4, 0.5) is 5.82 Å². The third kappa shape index (κ3) is 4.05. The standard InChI is InChI=1S/C17H22N6O/c1-13-20-15(17(24)19-12-14-4-3-5-18-11-14)10-16(21-13)23-8-6-22(2)7-9-23/h3-5,10-11H,6-9,12H2,1-2H3,(H,19,24). The van der Waals surface area contributed by atoms with Gasteiger partial charge in [0.25, 0.3) is 5.91 Å². The fraction of sp³-hybridized carbons (Fsp3) is 0.412. The van der Waals surface area contributed by atoms with Crippen LogP contribution in [0.2, 0.25) is 0 Å². The van der Waals surface area contributed by atoms with Crippen LogP contribution in [-0.4, -0.2) is 59.0 Å². The van der Waals surface area contributed by atoms with E-state index in [0.29, 0.717) is 18.1 Å². The second kappa shape index (κ2) is 7.35. The number of amides is 1. The van der Waals surface area contributed by atoms with Crippen LogP contribution in [0.5, 0.6) is 0 Å². The maximum atomic E-state index is 12.4. The summed E-state index contributed by atoms with van der Waals surface area (Å²) in [6, 6.07) is 5.55. The highest BCUT2D eigenvalue weighted by Crippen LogP contribution is 2.15. The van der Waals surface area contributed by atoms with E-state index >= 15 is 0 Å². The van der Waals surface area contributed by atoms with E-state index in [4.69, 9.17) is 0 Å². The van der Waals surface area contributed by atoms with E-state index in [1.54, 1.807) is 18.5 Å². The molecule has 0 aromatic carbocycles. The summed E-state index contributed by atoms with van der Waals surface area (Å²) in [5.41, 5.74) is 1.36. The highest BCUT2D eigenvalue weighted by molar-refractivity contribution is 5.92. The van der Waals surface area contributed by atoms with Gasteiger partial charge in [-0.25, -0.2) is 9.97 Å². The molecule has 7 nitrogen and oxygen atoms in total. The number of piperazine rings is 1. The summed E-state index contributed by atoms with van der Waals surface area (Å²) in [5.74, 6) is 1.24. The summed E-state index contributed by atoms with van der Waals surface area (Å²) >= 11 is 0. The molecule has 1 saturated heterocycles. The first-order valence-corrected chi connectivity index (χ1v) is 8.08. The molecule has 3 rings (SSSR count). The van der Waals surface area contributed by atoms with Gasteiger partial charge in [-0.05, 0) is 25.6 Å². The minimum atomic E-state index is -0.195. The number of hydrogen-bond acceptors (Lipinski definition) is 6. The zero-order valence-electron chi connectivity index (χ0n) is 14.1. The van der Waals surface area contributed by atoms with E-state index in [1.165, 1.54) is 0 Å². The van der Waals surface area contributed by atoms with Gasteiger partial charge in [0.15, 0.2) is 0 Å². The molecule has 0 unspecified atom stereocenters. The SMILES string of the molecule is Cc1nc(C(=O)NCc2cccnc2)cc(N2CCN(C)CC2)n1. The van der Waals surface area contributed by atoms with Gasteiger partial charge in [0.1, 0.15) is 17.3 Å². The number of carbonyl (C=O) groups excluding carboxylic acids is 1. The van der Waals surface area contributed by atoms with Gasteiger partial charge in [0.05, 0.1) is 0 Å². The maximum Gasteiger partial charge on any atom is 0.270 e. The zero-order valence-corrected chi connectivity index (χ0v) is 14.1. The molecule has 2 aromatic heterocycles. The first-order chi connectivity index (χ1) is 11.6. The van der Waals surface area contributed by atoms with Crippen LogP contribution in [0.15, 0.2) is 30.6 Å². The van der Waals surface area contributed by atoms with Crippen molar-refractivity contribution >= 4 is 11.7 Å². The third-order valence-electron chi connectivity index (χ3n) is 4.06. The van der Waals surface area contributed by atoms with E-state index < -0.39 is 0 Å². The predicted molar refractivity (Wildman–Crippen MR) is 91.9 cm³/mol. The lowest BCUT2D eigenvalue weighted by molar-refractivity contribution is 0.0945. The lowest BCUT2D eigenvalue weighted by Crippen LogP contribution is -2.45. The van der Waals surface area contributed by atoms with Crippen molar-refractivity contribution < 1.29 is 4.79 Å². The number of aromatic nitrogens is 3. The van der Waals surface area contributed by atoms with E-state index in [1.807, 2.05) is 19.1 Å². The molecule has 0 radical (unpaired) electrons. The first kappa shape index (κ1) is 16.3. The quantitative estimate of drug-likeness (QED) is 0.898. The number of rotatable bonds is 4. The molecular weight excluding hydrogens is 304 g/mol. The van der Waals surface area contributed by atoms with Gasteiger partial charge in [-0.15, -0.1) is 0 Å². The van der Waals surface area contributed by atoms with Gasteiger partial charge < -0.3 is 15.1 Å². The Kier molecular flexibility index (Phi) is 5.00. The highest BCUT2D eigenvalue weighted by Gasteiger charge is 2.18. The number of nitrogens with zero attached hydrogens (tertiary/aromatic N) is 5. The summed E-state index contributed by atoms with van der Waals surface area (Å²) in [7, 11) is 2.11. The van der Waals surface area contributed by atoms with Gasteiger partial charge in [0.2, 0.25) is 0 Å². The summed E-state index contributed by atoms with van der Waals surface area (Å²) in [5, 5.41) is 2.88. The van der Waals surface area contributed by atoms with Crippen molar-refractivity contribution in [2.75, 3.05) is 38.1 Å². The number of carbonyl (C=O) groups is 1. The summed E-state index contributed by atoms with van der Waals surface area (Å²) in [4.78, 5) is 29.7. The van der Waals surface area contributed by atoms with Crippen molar-refractivity contribution in [2.45, 2.75) is 13.5 Å². The number of hydrogen-bond donors (Lipinski definition) is 1. The van der Waals surface area contributed by atoms with Gasteiger partial charge in [-0.3, -0.25) is 9.78 Å². The minimum Gasteiger partial charge on any atom is -0.354 e. The van der Waals surface area contributed by atoms with Gasteiger partial charge in [-0.1, -0.05) is 6.07 Å². The number of pyridine rings is 1.